The van der Waals surface area contributed by atoms with E-state index in [0.717, 1.165) is 0 Å². The van der Waals surface area contributed by atoms with Crippen LogP contribution < -0.4 is 14.4 Å². The number of thioether (sulfide) groups is 1. The number of aromatic nitrogens is 3. The summed E-state index contributed by atoms with van der Waals surface area (Å²) >= 11 is 1.41. The standard InChI is InChI=1S/C22H24F2N4O3S/c1-6-31-22(2)10-28(11-22)20-19-12(9-25-21(27-19)32-5)7-13(26-20)16-17(23)14(29-3)8-15(30-4)18(16)24/h7-9H,6,10-11H2,1-5H3. The predicted octanol–water partition coefficient (Wildman–Crippen LogP) is 4.32. The SMILES string of the molecule is CCOC1(C)CN(c2nc(-c3c(F)c(OC)cc(OC)c3F)cc3cnc(SC)nc23)C1. The zero-order valence-corrected chi connectivity index (χ0v) is 19.3. The van der Waals surface area contributed by atoms with Crippen LogP contribution in [0.25, 0.3) is 22.2 Å². The lowest BCUT2D eigenvalue weighted by molar-refractivity contribution is -0.0447. The first kappa shape index (κ1) is 22.5. The van der Waals surface area contributed by atoms with Gasteiger partial charge in [-0.1, -0.05) is 11.8 Å². The second kappa shape index (κ2) is 8.67. The molecule has 1 aromatic carbocycles. The van der Waals surface area contributed by atoms with E-state index in [1.807, 2.05) is 25.0 Å². The molecule has 0 spiro atoms. The van der Waals surface area contributed by atoms with E-state index in [1.54, 1.807) is 12.3 Å². The number of benzene rings is 1. The first-order valence-electron chi connectivity index (χ1n) is 10.0. The van der Waals surface area contributed by atoms with E-state index in [2.05, 4.69) is 15.0 Å². The number of fused-ring (bicyclic) bond motifs is 1. The highest BCUT2D eigenvalue weighted by Gasteiger charge is 2.41. The highest BCUT2D eigenvalue weighted by atomic mass is 32.2. The lowest BCUT2D eigenvalue weighted by Gasteiger charge is -2.48. The smallest absolute Gasteiger partial charge is 0.187 e. The fraction of sp³-hybridized carbons (Fsp3) is 0.409. The highest BCUT2D eigenvalue weighted by Crippen LogP contribution is 2.40. The van der Waals surface area contributed by atoms with Crippen LogP contribution in [0.1, 0.15) is 13.8 Å². The molecule has 4 rings (SSSR count). The van der Waals surface area contributed by atoms with Crippen molar-refractivity contribution in [2.45, 2.75) is 24.6 Å². The molecule has 32 heavy (non-hydrogen) atoms. The van der Waals surface area contributed by atoms with Gasteiger partial charge in [-0.2, -0.15) is 0 Å². The third-order valence-electron chi connectivity index (χ3n) is 5.38. The number of hydrogen-bond acceptors (Lipinski definition) is 8. The second-order valence-corrected chi connectivity index (χ2v) is 8.42. The van der Waals surface area contributed by atoms with Crippen molar-refractivity contribution >= 4 is 28.5 Å². The molecule has 1 saturated heterocycles. The number of pyridine rings is 1. The minimum absolute atomic E-state index is 0.102. The van der Waals surface area contributed by atoms with E-state index in [0.29, 0.717) is 41.6 Å². The zero-order valence-electron chi connectivity index (χ0n) is 18.5. The van der Waals surface area contributed by atoms with Crippen LogP contribution in [0.3, 0.4) is 0 Å². The van der Waals surface area contributed by atoms with Crippen LogP contribution in [0.5, 0.6) is 11.5 Å². The van der Waals surface area contributed by atoms with Crippen LogP contribution in [0.2, 0.25) is 0 Å². The van der Waals surface area contributed by atoms with Crippen molar-refractivity contribution in [2.24, 2.45) is 0 Å². The molecule has 3 aromatic rings. The van der Waals surface area contributed by atoms with Crippen molar-refractivity contribution in [3.63, 3.8) is 0 Å². The second-order valence-electron chi connectivity index (χ2n) is 7.65. The molecule has 1 aliphatic rings. The normalized spacial score (nSPS) is 15.0. The van der Waals surface area contributed by atoms with Crippen molar-refractivity contribution in [2.75, 3.05) is 45.1 Å². The first-order valence-corrected chi connectivity index (χ1v) is 11.3. The largest absolute Gasteiger partial charge is 0.494 e. The maximum atomic E-state index is 15.2. The maximum Gasteiger partial charge on any atom is 0.187 e. The number of rotatable bonds is 7. The number of anilines is 1. The minimum atomic E-state index is -0.854. The summed E-state index contributed by atoms with van der Waals surface area (Å²) in [5, 5.41) is 1.20. The van der Waals surface area contributed by atoms with E-state index in [9.17, 15) is 0 Å². The predicted molar refractivity (Wildman–Crippen MR) is 120 cm³/mol. The Labute approximate surface area is 189 Å². The molecule has 0 amide bonds. The molecule has 0 N–H and O–H groups in total. The number of halogens is 2. The third-order valence-corrected chi connectivity index (χ3v) is 5.94. The van der Waals surface area contributed by atoms with Gasteiger partial charge in [-0.3, -0.25) is 0 Å². The van der Waals surface area contributed by atoms with E-state index >= 15 is 8.78 Å². The van der Waals surface area contributed by atoms with E-state index in [1.165, 1.54) is 32.0 Å². The first-order chi connectivity index (χ1) is 15.3. The Morgan fingerprint density at radius 2 is 1.75 bits per heavy atom. The summed E-state index contributed by atoms with van der Waals surface area (Å²) in [5.74, 6) is -1.46. The summed E-state index contributed by atoms with van der Waals surface area (Å²) in [5.41, 5.74) is 0.0722. The van der Waals surface area contributed by atoms with Gasteiger partial charge in [-0.15, -0.1) is 0 Å². The molecule has 1 aliphatic heterocycles. The minimum Gasteiger partial charge on any atom is -0.494 e. The molecule has 0 atom stereocenters. The van der Waals surface area contributed by atoms with Crippen LogP contribution in [0, 0.1) is 11.6 Å². The van der Waals surface area contributed by atoms with Gasteiger partial charge in [0.05, 0.1) is 38.6 Å². The molecule has 10 heteroatoms. The number of ether oxygens (including phenoxy) is 3. The maximum absolute atomic E-state index is 15.2. The van der Waals surface area contributed by atoms with Crippen molar-refractivity contribution in [1.29, 1.82) is 0 Å². The van der Waals surface area contributed by atoms with Gasteiger partial charge >= 0.3 is 0 Å². The Morgan fingerprint density at radius 3 is 2.31 bits per heavy atom. The summed E-state index contributed by atoms with van der Waals surface area (Å²) in [6, 6.07) is 2.75. The monoisotopic (exact) mass is 462 g/mol. The zero-order chi connectivity index (χ0) is 23.0. The Hall–Kier alpha value is -2.72. The van der Waals surface area contributed by atoms with Crippen LogP contribution in [0.4, 0.5) is 14.6 Å². The Morgan fingerprint density at radius 1 is 1.09 bits per heavy atom. The van der Waals surface area contributed by atoms with Gasteiger partial charge in [-0.25, -0.2) is 23.7 Å². The van der Waals surface area contributed by atoms with Gasteiger partial charge in [0.25, 0.3) is 0 Å². The van der Waals surface area contributed by atoms with Crippen LogP contribution >= 0.6 is 11.8 Å². The van der Waals surface area contributed by atoms with Gasteiger partial charge in [-0.05, 0) is 26.2 Å². The molecule has 0 bridgehead atoms. The van der Waals surface area contributed by atoms with Gasteiger partial charge in [0.2, 0.25) is 0 Å². The fourth-order valence-corrected chi connectivity index (χ4v) is 4.26. The molecule has 0 unspecified atom stereocenters. The molecule has 1 fully saturated rings. The fourth-order valence-electron chi connectivity index (χ4n) is 3.91. The molecule has 2 aromatic heterocycles. The van der Waals surface area contributed by atoms with Gasteiger partial charge in [0.15, 0.2) is 34.1 Å². The Kier molecular flexibility index (Phi) is 6.09. The average Bonchev–Trinajstić information content (AvgIpc) is 2.77. The summed E-state index contributed by atoms with van der Waals surface area (Å²) in [7, 11) is 2.62. The van der Waals surface area contributed by atoms with Gasteiger partial charge in [0.1, 0.15) is 11.1 Å². The summed E-state index contributed by atoms with van der Waals surface area (Å²) in [4.78, 5) is 15.6. The number of hydrogen-bond donors (Lipinski definition) is 0. The molecule has 0 aliphatic carbocycles. The summed E-state index contributed by atoms with van der Waals surface area (Å²) in [6.45, 7) is 5.72. The topological polar surface area (TPSA) is 69.6 Å². The molecular formula is C22H24F2N4O3S. The molecule has 7 nitrogen and oxygen atoms in total. The summed E-state index contributed by atoms with van der Waals surface area (Å²) < 4.78 is 46.3. The van der Waals surface area contributed by atoms with E-state index in [4.69, 9.17) is 14.2 Å². The lowest BCUT2D eigenvalue weighted by Crippen LogP contribution is -2.62. The Bertz CT molecular complexity index is 1140. The molecule has 0 saturated carbocycles. The Balaban J connectivity index is 1.92. The molecule has 3 heterocycles. The quantitative estimate of drug-likeness (QED) is 0.380. The average molecular weight is 463 g/mol. The third kappa shape index (κ3) is 3.81. The molecule has 0 radical (unpaired) electrons. The van der Waals surface area contributed by atoms with Crippen LogP contribution in [-0.4, -0.2) is 60.7 Å². The molecule has 170 valence electrons. The van der Waals surface area contributed by atoms with E-state index in [-0.39, 0.29) is 28.4 Å². The lowest BCUT2D eigenvalue weighted by atomic mass is 9.96. The summed E-state index contributed by atoms with van der Waals surface area (Å²) in [6.07, 6.45) is 3.52. The molecular weight excluding hydrogens is 438 g/mol. The van der Waals surface area contributed by atoms with E-state index < -0.39 is 11.6 Å². The number of methoxy groups -OCH3 is 2. The number of nitrogens with zero attached hydrogens (tertiary/aromatic N) is 4. The van der Waals surface area contributed by atoms with Crippen LogP contribution in [-0.2, 0) is 4.74 Å². The highest BCUT2D eigenvalue weighted by molar-refractivity contribution is 7.98. The van der Waals surface area contributed by atoms with Crippen molar-refractivity contribution in [1.82, 2.24) is 15.0 Å². The van der Waals surface area contributed by atoms with Gasteiger partial charge in [0, 0.05) is 24.3 Å². The van der Waals surface area contributed by atoms with Crippen LogP contribution in [0.15, 0.2) is 23.5 Å². The van der Waals surface area contributed by atoms with Crippen molar-refractivity contribution in [3.8, 4) is 22.8 Å². The van der Waals surface area contributed by atoms with Gasteiger partial charge < -0.3 is 19.1 Å². The van der Waals surface area contributed by atoms with Crippen molar-refractivity contribution < 1.29 is 23.0 Å². The van der Waals surface area contributed by atoms with Crippen molar-refractivity contribution in [3.05, 3.63) is 30.0 Å².